The normalized spacial score (nSPS) is 11.2. The number of nitrogens with zero attached hydrogens (tertiary/aromatic N) is 3. The lowest BCUT2D eigenvalue weighted by molar-refractivity contribution is 0.306. The number of aromatic amines is 1. The molecule has 5 aromatic rings. The van der Waals surface area contributed by atoms with Gasteiger partial charge in [0.25, 0.3) is 5.56 Å². The molecule has 2 aromatic carbocycles. The third kappa shape index (κ3) is 3.06. The molecule has 0 amide bonds. The van der Waals surface area contributed by atoms with E-state index in [1.54, 1.807) is 6.07 Å². The minimum atomic E-state index is -0.386. The summed E-state index contributed by atoms with van der Waals surface area (Å²) in [5.74, 6) is 0.858. The Hall–Kier alpha value is -4.20. The van der Waals surface area contributed by atoms with Gasteiger partial charge in [-0.05, 0) is 17.7 Å². The van der Waals surface area contributed by atoms with Crippen molar-refractivity contribution in [1.29, 1.82) is 0 Å². The quantitative estimate of drug-likeness (QED) is 0.487. The highest BCUT2D eigenvalue weighted by Crippen LogP contribution is 2.31. The van der Waals surface area contributed by atoms with Crippen LogP contribution in [0.5, 0.6) is 5.75 Å². The number of furan rings is 1. The van der Waals surface area contributed by atoms with E-state index in [9.17, 15) is 4.79 Å². The molecule has 0 aliphatic heterocycles. The van der Waals surface area contributed by atoms with Crippen LogP contribution in [0.25, 0.3) is 33.4 Å². The van der Waals surface area contributed by atoms with Crippen molar-refractivity contribution < 1.29 is 9.15 Å². The van der Waals surface area contributed by atoms with Gasteiger partial charge in [-0.3, -0.25) is 4.79 Å². The van der Waals surface area contributed by atoms with Crippen molar-refractivity contribution in [3.63, 3.8) is 0 Å². The maximum Gasteiger partial charge on any atom is 0.276 e. The van der Waals surface area contributed by atoms with Gasteiger partial charge in [0.15, 0.2) is 11.5 Å². The Morgan fingerprint density at radius 2 is 1.97 bits per heavy atom. The molecule has 0 saturated carbocycles. The Labute approximate surface area is 164 Å². The molecule has 3 N–H and O–H groups in total. The molecule has 8 nitrogen and oxygen atoms in total. The summed E-state index contributed by atoms with van der Waals surface area (Å²) in [5, 5.41) is 0.741. The van der Waals surface area contributed by atoms with Crippen molar-refractivity contribution in [2.75, 3.05) is 5.73 Å². The Balaban J connectivity index is 1.52. The van der Waals surface area contributed by atoms with Gasteiger partial charge in [0.1, 0.15) is 41.7 Å². The molecule has 0 saturated heterocycles. The highest BCUT2D eigenvalue weighted by molar-refractivity contribution is 5.94. The summed E-state index contributed by atoms with van der Waals surface area (Å²) in [6.07, 6.45) is 2.77. The maximum atomic E-state index is 12.5. The van der Waals surface area contributed by atoms with Crippen LogP contribution in [0.2, 0.25) is 0 Å². The average Bonchev–Trinajstić information content (AvgIpc) is 3.16. The summed E-state index contributed by atoms with van der Waals surface area (Å²) in [5.41, 5.74) is 8.50. The molecule has 3 heterocycles. The Morgan fingerprint density at radius 1 is 1.10 bits per heavy atom. The molecule has 0 atom stereocenters. The number of fused-ring (bicyclic) bond motifs is 2. The Kier molecular flexibility index (Phi) is 3.94. The monoisotopic (exact) mass is 385 g/mol. The van der Waals surface area contributed by atoms with Gasteiger partial charge < -0.3 is 19.9 Å². The molecule has 29 heavy (non-hydrogen) atoms. The Morgan fingerprint density at radius 3 is 2.83 bits per heavy atom. The second kappa shape index (κ2) is 6.75. The van der Waals surface area contributed by atoms with E-state index in [1.165, 1.54) is 12.6 Å². The zero-order chi connectivity index (χ0) is 19.8. The van der Waals surface area contributed by atoms with E-state index in [0.29, 0.717) is 29.0 Å². The number of nitrogen functional groups attached to an aromatic ring is 1. The van der Waals surface area contributed by atoms with Crippen LogP contribution in [0.4, 0.5) is 5.82 Å². The number of nitrogens with two attached hydrogens (primary N) is 1. The first kappa shape index (κ1) is 16.9. The molecule has 0 radical (unpaired) electrons. The smallest absolute Gasteiger partial charge is 0.276 e. The first-order chi connectivity index (χ1) is 14.2. The molecule has 3 aromatic heterocycles. The van der Waals surface area contributed by atoms with Crippen LogP contribution < -0.4 is 16.0 Å². The van der Waals surface area contributed by atoms with E-state index in [-0.39, 0.29) is 22.7 Å². The SMILES string of the molecule is Nc1ncnc2[nH]c(=O)c(-c3coc4cc(OCc5ccccc5)ccc34)nc12. The number of benzene rings is 2. The van der Waals surface area contributed by atoms with Crippen molar-refractivity contribution in [2.45, 2.75) is 6.61 Å². The number of aromatic nitrogens is 4. The highest BCUT2D eigenvalue weighted by atomic mass is 16.5. The van der Waals surface area contributed by atoms with Crippen LogP contribution in [-0.4, -0.2) is 19.9 Å². The predicted molar refractivity (Wildman–Crippen MR) is 108 cm³/mol. The second-order valence-electron chi connectivity index (χ2n) is 6.45. The van der Waals surface area contributed by atoms with Crippen molar-refractivity contribution in [3.05, 3.63) is 77.0 Å². The van der Waals surface area contributed by atoms with Gasteiger partial charge in [-0.1, -0.05) is 30.3 Å². The molecule has 5 rings (SSSR count). The zero-order valence-electron chi connectivity index (χ0n) is 15.1. The fourth-order valence-electron chi connectivity index (χ4n) is 3.13. The lowest BCUT2D eigenvalue weighted by Crippen LogP contribution is -2.13. The molecule has 8 heteroatoms. The minimum Gasteiger partial charge on any atom is -0.489 e. The van der Waals surface area contributed by atoms with E-state index >= 15 is 0 Å². The molecule has 0 aliphatic rings. The number of anilines is 1. The fourth-order valence-corrected chi connectivity index (χ4v) is 3.13. The first-order valence-corrected chi connectivity index (χ1v) is 8.88. The van der Waals surface area contributed by atoms with Crippen LogP contribution >= 0.6 is 0 Å². The van der Waals surface area contributed by atoms with E-state index in [4.69, 9.17) is 14.9 Å². The predicted octanol–water partition coefficient (Wildman–Crippen LogP) is 3.29. The lowest BCUT2D eigenvalue weighted by atomic mass is 10.1. The summed E-state index contributed by atoms with van der Waals surface area (Å²) in [4.78, 5) is 27.5. The van der Waals surface area contributed by atoms with Gasteiger partial charge in [0.2, 0.25) is 0 Å². The van der Waals surface area contributed by atoms with Crippen molar-refractivity contribution >= 4 is 28.0 Å². The van der Waals surface area contributed by atoms with Crippen molar-refractivity contribution in [2.24, 2.45) is 0 Å². The third-order valence-electron chi connectivity index (χ3n) is 4.57. The molecule has 0 unspecified atom stereocenters. The van der Waals surface area contributed by atoms with Gasteiger partial charge >= 0.3 is 0 Å². The maximum absolute atomic E-state index is 12.5. The zero-order valence-corrected chi connectivity index (χ0v) is 15.1. The number of hydrogen-bond donors (Lipinski definition) is 2. The first-order valence-electron chi connectivity index (χ1n) is 8.88. The Bertz CT molecular complexity index is 1390. The van der Waals surface area contributed by atoms with Crippen LogP contribution in [0.3, 0.4) is 0 Å². The highest BCUT2D eigenvalue weighted by Gasteiger charge is 2.16. The van der Waals surface area contributed by atoms with E-state index in [2.05, 4.69) is 19.9 Å². The van der Waals surface area contributed by atoms with Crippen LogP contribution in [0.15, 0.2) is 70.3 Å². The molecular weight excluding hydrogens is 370 g/mol. The molecule has 0 fully saturated rings. The van der Waals surface area contributed by atoms with Crippen LogP contribution in [-0.2, 0) is 6.61 Å². The number of ether oxygens (including phenoxy) is 1. The number of nitrogens with one attached hydrogen (secondary N) is 1. The van der Waals surface area contributed by atoms with Crippen molar-refractivity contribution in [3.8, 4) is 17.0 Å². The number of rotatable bonds is 4. The second-order valence-corrected chi connectivity index (χ2v) is 6.45. The summed E-state index contributed by atoms with van der Waals surface area (Å²) in [6.45, 7) is 0.449. The summed E-state index contributed by atoms with van der Waals surface area (Å²) in [6, 6.07) is 15.3. The molecule has 142 valence electrons. The molecule has 0 spiro atoms. The van der Waals surface area contributed by atoms with Gasteiger partial charge in [0.05, 0.1) is 5.56 Å². The lowest BCUT2D eigenvalue weighted by Gasteiger charge is -2.06. The standard InChI is InChI=1S/C21H15N5O3/c22-19-18-20(24-11-23-19)26-21(27)17(25-18)15-10-29-16-8-13(6-7-14(15)16)28-9-12-4-2-1-3-5-12/h1-8,10-11H,9H2,(H3,22,23,24,26,27). The number of H-pyrrole nitrogens is 1. The van der Waals surface area contributed by atoms with Gasteiger partial charge in [0, 0.05) is 11.5 Å². The molecule has 0 bridgehead atoms. The van der Waals surface area contributed by atoms with E-state index in [0.717, 1.165) is 10.9 Å². The summed E-state index contributed by atoms with van der Waals surface area (Å²) < 4.78 is 11.5. The largest absolute Gasteiger partial charge is 0.489 e. The van der Waals surface area contributed by atoms with E-state index < -0.39 is 0 Å². The van der Waals surface area contributed by atoms with Gasteiger partial charge in [-0.25, -0.2) is 15.0 Å². The van der Waals surface area contributed by atoms with Crippen LogP contribution in [0, 0.1) is 0 Å². The summed E-state index contributed by atoms with van der Waals surface area (Å²) in [7, 11) is 0. The number of hydrogen-bond acceptors (Lipinski definition) is 7. The molecule has 0 aliphatic carbocycles. The topological polar surface area (TPSA) is 120 Å². The molecular formula is C21H15N5O3. The van der Waals surface area contributed by atoms with Crippen LogP contribution in [0.1, 0.15) is 5.56 Å². The van der Waals surface area contributed by atoms with Crippen molar-refractivity contribution in [1.82, 2.24) is 19.9 Å². The third-order valence-corrected chi connectivity index (χ3v) is 4.57. The minimum absolute atomic E-state index is 0.190. The van der Waals surface area contributed by atoms with E-state index in [1.807, 2.05) is 42.5 Å². The average molecular weight is 385 g/mol. The van der Waals surface area contributed by atoms with Gasteiger partial charge in [-0.15, -0.1) is 0 Å². The summed E-state index contributed by atoms with van der Waals surface area (Å²) >= 11 is 0. The fraction of sp³-hybridized carbons (Fsp3) is 0.0476. The van der Waals surface area contributed by atoms with Gasteiger partial charge in [-0.2, -0.15) is 0 Å².